The molecule has 2 aromatic heterocycles. The van der Waals surface area contributed by atoms with Crippen LogP contribution >= 0.6 is 0 Å². The second kappa shape index (κ2) is 6.58. The fourth-order valence-corrected chi connectivity index (χ4v) is 4.18. The number of aromatic nitrogens is 3. The van der Waals surface area contributed by atoms with Gasteiger partial charge in [0.2, 0.25) is 5.91 Å². The van der Waals surface area contributed by atoms with Crippen molar-refractivity contribution in [2.75, 3.05) is 12.4 Å². The maximum Gasteiger partial charge on any atom is 0.410 e. The van der Waals surface area contributed by atoms with E-state index in [1.165, 1.54) is 7.11 Å². The van der Waals surface area contributed by atoms with Crippen molar-refractivity contribution in [3.63, 3.8) is 0 Å². The number of amides is 2. The van der Waals surface area contributed by atoms with Crippen molar-refractivity contribution in [2.24, 2.45) is 5.92 Å². The van der Waals surface area contributed by atoms with Gasteiger partial charge in [-0.2, -0.15) is 0 Å². The average Bonchev–Trinajstić information content (AvgIpc) is 3.15. The molecule has 1 aromatic carbocycles. The highest BCUT2D eigenvalue weighted by Gasteiger charge is 2.56. The molecular formula is C21H21N5O3. The number of likely N-dealkylation sites (tertiary alicyclic amines) is 1. The Balaban J connectivity index is 1.40. The van der Waals surface area contributed by atoms with E-state index in [1.807, 2.05) is 43.5 Å². The lowest BCUT2D eigenvalue weighted by atomic mass is 10.1. The van der Waals surface area contributed by atoms with E-state index in [9.17, 15) is 9.59 Å². The van der Waals surface area contributed by atoms with E-state index in [4.69, 9.17) is 4.74 Å². The van der Waals surface area contributed by atoms with Gasteiger partial charge in [-0.25, -0.2) is 14.3 Å². The number of nitrogens with zero attached hydrogens (tertiary/aromatic N) is 4. The normalized spacial score (nSPS) is 22.4. The summed E-state index contributed by atoms with van der Waals surface area (Å²) in [5.41, 5.74) is 3.42. The van der Waals surface area contributed by atoms with Crippen molar-refractivity contribution in [2.45, 2.75) is 31.8 Å². The number of aryl methyl sites for hydroxylation is 1. The molecule has 1 saturated carbocycles. The summed E-state index contributed by atoms with van der Waals surface area (Å²) in [6.07, 6.45) is 4.83. The zero-order valence-corrected chi connectivity index (χ0v) is 16.2. The molecule has 0 radical (unpaired) electrons. The number of hydrogen-bond donors (Lipinski definition) is 1. The molecule has 29 heavy (non-hydrogen) atoms. The van der Waals surface area contributed by atoms with Gasteiger partial charge < -0.3 is 10.1 Å². The summed E-state index contributed by atoms with van der Waals surface area (Å²) in [7, 11) is 1.35. The number of methoxy groups -OCH3 is 1. The number of nitrogens with one attached hydrogen (secondary N) is 1. The molecule has 5 rings (SSSR count). The summed E-state index contributed by atoms with van der Waals surface area (Å²) in [6.45, 7) is 1.98. The van der Waals surface area contributed by atoms with Crippen LogP contribution < -0.4 is 5.32 Å². The summed E-state index contributed by atoms with van der Waals surface area (Å²) >= 11 is 0. The molecule has 0 bridgehead atoms. The first kappa shape index (κ1) is 17.7. The van der Waals surface area contributed by atoms with Crippen LogP contribution in [0.25, 0.3) is 16.9 Å². The number of carbonyl (C=O) groups is 2. The number of hydrogen-bond acceptors (Lipinski definition) is 5. The second-order valence-electron chi connectivity index (χ2n) is 7.67. The van der Waals surface area contributed by atoms with Crippen LogP contribution in [0.3, 0.4) is 0 Å². The molecule has 2 amide bonds. The van der Waals surface area contributed by atoms with Crippen LogP contribution in [0.4, 0.5) is 10.5 Å². The van der Waals surface area contributed by atoms with Crippen LogP contribution in [-0.4, -0.2) is 50.7 Å². The third-order valence-corrected chi connectivity index (χ3v) is 5.82. The predicted molar refractivity (Wildman–Crippen MR) is 106 cm³/mol. The van der Waals surface area contributed by atoms with Gasteiger partial charge in [0.15, 0.2) is 5.82 Å². The predicted octanol–water partition coefficient (Wildman–Crippen LogP) is 2.87. The number of benzene rings is 1. The van der Waals surface area contributed by atoms with Crippen LogP contribution in [0, 0.1) is 12.8 Å². The first-order valence-corrected chi connectivity index (χ1v) is 9.63. The average molecular weight is 391 g/mol. The number of carbonyl (C=O) groups excluding carboxylic acids is 2. The van der Waals surface area contributed by atoms with E-state index < -0.39 is 12.1 Å². The summed E-state index contributed by atoms with van der Waals surface area (Å²) in [5, 5.41) is 7.50. The van der Waals surface area contributed by atoms with Crippen molar-refractivity contribution in [3.8, 4) is 11.4 Å². The molecule has 1 N–H and O–H groups in total. The van der Waals surface area contributed by atoms with Gasteiger partial charge in [-0.3, -0.25) is 9.69 Å². The Kier molecular flexibility index (Phi) is 4.01. The van der Waals surface area contributed by atoms with Crippen molar-refractivity contribution in [1.82, 2.24) is 19.5 Å². The molecule has 3 heterocycles. The molecule has 1 aliphatic carbocycles. The summed E-state index contributed by atoms with van der Waals surface area (Å²) in [5.74, 6) is 0.792. The van der Waals surface area contributed by atoms with Gasteiger partial charge in [0.25, 0.3) is 0 Å². The van der Waals surface area contributed by atoms with Crippen LogP contribution in [0.1, 0.15) is 18.4 Å². The summed E-state index contributed by atoms with van der Waals surface area (Å²) in [4.78, 5) is 31.0. The van der Waals surface area contributed by atoms with Crippen molar-refractivity contribution in [3.05, 3.63) is 48.3 Å². The lowest BCUT2D eigenvalue weighted by molar-refractivity contribution is -0.120. The van der Waals surface area contributed by atoms with Gasteiger partial charge in [-0.15, -0.1) is 5.10 Å². The SMILES string of the molecule is COC(=O)N1[C@@H](C(=O)Nc2ccc(C)c(-c3ncc4cccn4n3)c2)C[C@H]2C[C@H]21. The summed E-state index contributed by atoms with van der Waals surface area (Å²) in [6, 6.07) is 9.14. The van der Waals surface area contributed by atoms with E-state index in [0.717, 1.165) is 23.1 Å². The van der Waals surface area contributed by atoms with E-state index in [1.54, 1.807) is 15.6 Å². The Bertz CT molecular complexity index is 1120. The lowest BCUT2D eigenvalue weighted by Gasteiger charge is -2.25. The van der Waals surface area contributed by atoms with Crippen LogP contribution in [0.15, 0.2) is 42.7 Å². The minimum absolute atomic E-state index is 0.133. The van der Waals surface area contributed by atoms with E-state index in [-0.39, 0.29) is 11.9 Å². The van der Waals surface area contributed by atoms with E-state index in [0.29, 0.717) is 23.9 Å². The van der Waals surface area contributed by atoms with Crippen molar-refractivity contribution < 1.29 is 14.3 Å². The monoisotopic (exact) mass is 391 g/mol. The first-order valence-electron chi connectivity index (χ1n) is 9.63. The molecule has 3 atom stereocenters. The minimum atomic E-state index is -0.497. The highest BCUT2D eigenvalue weighted by molar-refractivity contribution is 5.97. The van der Waals surface area contributed by atoms with Crippen LogP contribution in [0.5, 0.6) is 0 Å². The number of piperidine rings is 1. The molecule has 148 valence electrons. The highest BCUT2D eigenvalue weighted by Crippen LogP contribution is 2.48. The van der Waals surface area contributed by atoms with Crippen molar-refractivity contribution >= 4 is 23.2 Å². The van der Waals surface area contributed by atoms with Gasteiger partial charge in [0.1, 0.15) is 6.04 Å². The fourth-order valence-electron chi connectivity index (χ4n) is 4.18. The number of rotatable bonds is 3. The topological polar surface area (TPSA) is 88.8 Å². The van der Waals surface area contributed by atoms with Crippen molar-refractivity contribution in [1.29, 1.82) is 0 Å². The van der Waals surface area contributed by atoms with Gasteiger partial charge in [-0.05, 0) is 55.5 Å². The maximum absolute atomic E-state index is 12.9. The molecule has 2 aliphatic rings. The number of fused-ring (bicyclic) bond motifs is 2. The number of ether oxygens (including phenoxy) is 1. The quantitative estimate of drug-likeness (QED) is 0.742. The standard InChI is InChI=1S/C21H21N5O3/c1-12-5-6-14(10-16(12)19-22-11-15-4-3-7-25(15)24-19)23-20(27)18-9-13-8-17(13)26(18)21(28)29-2/h3-7,10-11,13,17-18H,8-9H2,1-2H3,(H,23,27)/t13-,17-,18-/m1/s1. The molecule has 0 unspecified atom stereocenters. The Hall–Kier alpha value is -3.42. The molecule has 2 fully saturated rings. The zero-order chi connectivity index (χ0) is 20.1. The third-order valence-electron chi connectivity index (χ3n) is 5.82. The Morgan fingerprint density at radius 3 is 2.93 bits per heavy atom. The lowest BCUT2D eigenvalue weighted by Crippen LogP contribution is -2.45. The molecule has 3 aromatic rings. The van der Waals surface area contributed by atoms with Crippen LogP contribution in [-0.2, 0) is 9.53 Å². The Labute approximate surface area is 167 Å². The van der Waals surface area contributed by atoms with E-state index in [2.05, 4.69) is 15.4 Å². The molecule has 0 spiro atoms. The Morgan fingerprint density at radius 1 is 1.24 bits per heavy atom. The van der Waals surface area contributed by atoms with Gasteiger partial charge in [0, 0.05) is 23.5 Å². The van der Waals surface area contributed by atoms with Gasteiger partial charge in [0.05, 0.1) is 18.8 Å². The van der Waals surface area contributed by atoms with Gasteiger partial charge in [-0.1, -0.05) is 6.07 Å². The first-order chi connectivity index (χ1) is 14.0. The Morgan fingerprint density at radius 2 is 2.10 bits per heavy atom. The number of anilines is 1. The minimum Gasteiger partial charge on any atom is -0.453 e. The molecule has 1 saturated heterocycles. The third kappa shape index (κ3) is 3.00. The summed E-state index contributed by atoms with van der Waals surface area (Å²) < 4.78 is 6.64. The second-order valence-corrected chi connectivity index (χ2v) is 7.67. The smallest absolute Gasteiger partial charge is 0.410 e. The largest absolute Gasteiger partial charge is 0.453 e. The highest BCUT2D eigenvalue weighted by atomic mass is 16.5. The molecular weight excluding hydrogens is 370 g/mol. The molecule has 8 heteroatoms. The fraction of sp³-hybridized carbons (Fsp3) is 0.333. The zero-order valence-electron chi connectivity index (χ0n) is 16.2. The van der Waals surface area contributed by atoms with Gasteiger partial charge >= 0.3 is 6.09 Å². The maximum atomic E-state index is 12.9. The molecule has 8 nitrogen and oxygen atoms in total. The molecule has 1 aliphatic heterocycles. The van der Waals surface area contributed by atoms with E-state index >= 15 is 0 Å². The van der Waals surface area contributed by atoms with Crippen LogP contribution in [0.2, 0.25) is 0 Å².